The van der Waals surface area contributed by atoms with Crippen LogP contribution in [0.1, 0.15) is 31.7 Å². The minimum absolute atomic E-state index is 0.164. The Morgan fingerprint density at radius 3 is 2.53 bits per heavy atom. The maximum atomic E-state index is 11.9. The van der Waals surface area contributed by atoms with Gasteiger partial charge in [-0.2, -0.15) is 0 Å². The van der Waals surface area contributed by atoms with Crippen LogP contribution in [0.4, 0.5) is 0 Å². The highest BCUT2D eigenvalue weighted by molar-refractivity contribution is 5.78. The van der Waals surface area contributed by atoms with Crippen LogP contribution >= 0.6 is 0 Å². The Bertz CT molecular complexity index is 453. The zero-order valence-corrected chi connectivity index (χ0v) is 11.6. The number of hydrogen-bond donors (Lipinski definition) is 0. The van der Waals surface area contributed by atoms with E-state index in [4.69, 9.17) is 14.2 Å². The van der Waals surface area contributed by atoms with Gasteiger partial charge in [-0.05, 0) is 23.6 Å². The summed E-state index contributed by atoms with van der Waals surface area (Å²) in [6.45, 7) is 5.31. The highest BCUT2D eigenvalue weighted by atomic mass is 16.5. The average molecular weight is 264 g/mol. The number of rotatable bonds is 3. The van der Waals surface area contributed by atoms with E-state index in [0.29, 0.717) is 19.0 Å². The molecule has 0 radical (unpaired) electrons. The Labute approximate surface area is 113 Å². The second-order valence-corrected chi connectivity index (χ2v) is 5.00. The molecule has 1 heterocycles. The van der Waals surface area contributed by atoms with E-state index < -0.39 is 0 Å². The lowest BCUT2D eigenvalue weighted by atomic mass is 9.88. The summed E-state index contributed by atoms with van der Waals surface area (Å²) >= 11 is 0. The van der Waals surface area contributed by atoms with Crippen molar-refractivity contribution in [1.29, 1.82) is 0 Å². The van der Waals surface area contributed by atoms with Gasteiger partial charge in [-0.15, -0.1) is 0 Å². The number of fused-ring (bicyclic) bond motifs is 1. The van der Waals surface area contributed by atoms with Gasteiger partial charge in [0, 0.05) is 6.42 Å². The van der Waals surface area contributed by atoms with Gasteiger partial charge in [0.25, 0.3) is 0 Å². The quantitative estimate of drug-likeness (QED) is 0.787. The van der Waals surface area contributed by atoms with Crippen LogP contribution in [0.15, 0.2) is 18.2 Å². The van der Waals surface area contributed by atoms with Crippen molar-refractivity contribution < 1.29 is 19.0 Å². The molecule has 19 heavy (non-hydrogen) atoms. The molecule has 0 fully saturated rings. The molecule has 1 unspecified atom stereocenters. The first-order valence-corrected chi connectivity index (χ1v) is 6.61. The number of carbonyl (C=O) groups excluding carboxylic acids is 1. The summed E-state index contributed by atoms with van der Waals surface area (Å²) in [5.74, 6) is 1.13. The van der Waals surface area contributed by atoms with Crippen LogP contribution in [0.3, 0.4) is 0 Å². The topological polar surface area (TPSA) is 44.8 Å². The van der Waals surface area contributed by atoms with Crippen molar-refractivity contribution in [2.45, 2.75) is 26.2 Å². The summed E-state index contributed by atoms with van der Waals surface area (Å²) in [5.41, 5.74) is 0.908. The number of methoxy groups -OCH3 is 1. The number of esters is 1. The zero-order valence-electron chi connectivity index (χ0n) is 11.6. The molecule has 0 aromatic heterocycles. The molecule has 0 spiro atoms. The summed E-state index contributed by atoms with van der Waals surface area (Å²) in [6.07, 6.45) is 0.870. The Morgan fingerprint density at radius 2 is 1.89 bits per heavy atom. The maximum absolute atomic E-state index is 11.9. The van der Waals surface area contributed by atoms with E-state index >= 15 is 0 Å². The van der Waals surface area contributed by atoms with Crippen molar-refractivity contribution in [2.24, 2.45) is 5.92 Å². The molecule has 1 atom stereocenters. The standard InChI is InChI=1S/C15H20O4/c1-10(2)14(15(16)17-3)11-5-6-12-13(9-11)19-8-4-7-18-12/h5-6,9-10,14H,4,7-8H2,1-3H3. The molecular weight excluding hydrogens is 244 g/mol. The minimum atomic E-state index is -0.276. The van der Waals surface area contributed by atoms with Gasteiger partial charge < -0.3 is 14.2 Å². The third-order valence-corrected chi connectivity index (χ3v) is 3.25. The molecule has 4 nitrogen and oxygen atoms in total. The lowest BCUT2D eigenvalue weighted by Crippen LogP contribution is -2.19. The lowest BCUT2D eigenvalue weighted by Gasteiger charge is -2.20. The molecule has 1 aliphatic rings. The molecule has 0 amide bonds. The van der Waals surface area contributed by atoms with Gasteiger partial charge in [-0.3, -0.25) is 4.79 Å². The van der Waals surface area contributed by atoms with Crippen molar-refractivity contribution in [2.75, 3.05) is 20.3 Å². The third kappa shape index (κ3) is 3.00. The molecule has 104 valence electrons. The molecule has 2 rings (SSSR count). The van der Waals surface area contributed by atoms with Gasteiger partial charge in [-0.1, -0.05) is 19.9 Å². The fourth-order valence-corrected chi connectivity index (χ4v) is 2.29. The maximum Gasteiger partial charge on any atom is 0.313 e. The zero-order chi connectivity index (χ0) is 13.8. The van der Waals surface area contributed by atoms with E-state index in [1.54, 1.807) is 0 Å². The predicted octanol–water partition coefficient (Wildman–Crippen LogP) is 2.76. The molecule has 0 N–H and O–H groups in total. The Balaban J connectivity index is 2.33. The number of carbonyl (C=O) groups is 1. The van der Waals surface area contributed by atoms with Crippen molar-refractivity contribution in [3.63, 3.8) is 0 Å². The van der Waals surface area contributed by atoms with Gasteiger partial charge in [-0.25, -0.2) is 0 Å². The summed E-state index contributed by atoms with van der Waals surface area (Å²) in [6, 6.07) is 5.67. The van der Waals surface area contributed by atoms with Crippen LogP contribution < -0.4 is 9.47 Å². The van der Waals surface area contributed by atoms with Crippen LogP contribution in [0.25, 0.3) is 0 Å². The van der Waals surface area contributed by atoms with E-state index in [9.17, 15) is 4.79 Å². The molecular formula is C15H20O4. The average Bonchev–Trinajstić information content (AvgIpc) is 2.63. The van der Waals surface area contributed by atoms with Crippen molar-refractivity contribution >= 4 is 5.97 Å². The summed E-state index contributed by atoms with van der Waals surface area (Å²) in [5, 5.41) is 0. The van der Waals surface area contributed by atoms with Crippen LogP contribution in [0.5, 0.6) is 11.5 Å². The normalized spacial score (nSPS) is 15.8. The van der Waals surface area contributed by atoms with Crippen LogP contribution in [-0.4, -0.2) is 26.3 Å². The molecule has 0 bridgehead atoms. The monoisotopic (exact) mass is 264 g/mol. The summed E-state index contributed by atoms with van der Waals surface area (Å²) in [4.78, 5) is 11.9. The first kappa shape index (κ1) is 13.7. The van der Waals surface area contributed by atoms with Gasteiger partial charge in [0.2, 0.25) is 0 Å². The minimum Gasteiger partial charge on any atom is -0.490 e. The Hall–Kier alpha value is -1.71. The largest absolute Gasteiger partial charge is 0.490 e. The molecule has 0 aliphatic carbocycles. The summed E-state index contributed by atoms with van der Waals surface area (Å²) in [7, 11) is 1.42. The Kier molecular flexibility index (Phi) is 4.30. The first-order valence-electron chi connectivity index (χ1n) is 6.61. The SMILES string of the molecule is COC(=O)C(c1ccc2c(c1)OCCCO2)C(C)C. The van der Waals surface area contributed by atoms with E-state index in [2.05, 4.69) is 0 Å². The molecule has 1 aromatic rings. The highest BCUT2D eigenvalue weighted by Gasteiger charge is 2.26. The van der Waals surface area contributed by atoms with Gasteiger partial charge in [0.05, 0.1) is 26.2 Å². The first-order chi connectivity index (χ1) is 9.13. The third-order valence-electron chi connectivity index (χ3n) is 3.25. The number of hydrogen-bond acceptors (Lipinski definition) is 4. The van der Waals surface area contributed by atoms with Crippen LogP contribution in [0, 0.1) is 5.92 Å². The second-order valence-electron chi connectivity index (χ2n) is 5.00. The van der Waals surface area contributed by atoms with E-state index in [-0.39, 0.29) is 17.8 Å². The fraction of sp³-hybridized carbons (Fsp3) is 0.533. The number of benzene rings is 1. The van der Waals surface area contributed by atoms with Gasteiger partial charge in [0.15, 0.2) is 11.5 Å². The second kappa shape index (κ2) is 5.95. The molecule has 4 heteroatoms. The van der Waals surface area contributed by atoms with E-state index in [0.717, 1.165) is 17.7 Å². The van der Waals surface area contributed by atoms with Gasteiger partial charge >= 0.3 is 5.97 Å². The number of ether oxygens (including phenoxy) is 3. The predicted molar refractivity (Wildman–Crippen MR) is 71.6 cm³/mol. The molecule has 0 saturated heterocycles. The molecule has 0 saturated carbocycles. The van der Waals surface area contributed by atoms with Crippen molar-refractivity contribution in [3.8, 4) is 11.5 Å². The van der Waals surface area contributed by atoms with E-state index in [1.807, 2.05) is 32.0 Å². The Morgan fingerprint density at radius 1 is 1.21 bits per heavy atom. The summed E-state index contributed by atoms with van der Waals surface area (Å²) < 4.78 is 16.1. The fourth-order valence-electron chi connectivity index (χ4n) is 2.29. The highest BCUT2D eigenvalue weighted by Crippen LogP contribution is 2.35. The van der Waals surface area contributed by atoms with Crippen LogP contribution in [-0.2, 0) is 9.53 Å². The van der Waals surface area contributed by atoms with E-state index in [1.165, 1.54) is 7.11 Å². The molecule has 1 aliphatic heterocycles. The molecule has 1 aromatic carbocycles. The van der Waals surface area contributed by atoms with Crippen molar-refractivity contribution in [1.82, 2.24) is 0 Å². The van der Waals surface area contributed by atoms with Crippen molar-refractivity contribution in [3.05, 3.63) is 23.8 Å². The lowest BCUT2D eigenvalue weighted by molar-refractivity contribution is -0.143. The van der Waals surface area contributed by atoms with Gasteiger partial charge in [0.1, 0.15) is 0 Å². The van der Waals surface area contributed by atoms with Crippen LogP contribution in [0.2, 0.25) is 0 Å². The smallest absolute Gasteiger partial charge is 0.313 e.